The highest BCUT2D eigenvalue weighted by atomic mass is 19.4. The van der Waals surface area contributed by atoms with E-state index in [-0.39, 0.29) is 29.2 Å². The zero-order valence-electron chi connectivity index (χ0n) is 17.9. The van der Waals surface area contributed by atoms with E-state index in [1.165, 1.54) is 17.9 Å². The fraction of sp³-hybridized carbons (Fsp3) is 0.261. The molecule has 0 atom stereocenters. The molecular formula is C23H21F3N4O3. The number of amides is 1. The molecule has 0 saturated heterocycles. The van der Waals surface area contributed by atoms with Crippen LogP contribution in [0.1, 0.15) is 29.5 Å². The van der Waals surface area contributed by atoms with Gasteiger partial charge in [-0.3, -0.25) is 4.79 Å². The van der Waals surface area contributed by atoms with E-state index in [4.69, 9.17) is 9.15 Å². The van der Waals surface area contributed by atoms with Gasteiger partial charge >= 0.3 is 6.18 Å². The fourth-order valence-corrected chi connectivity index (χ4v) is 3.41. The summed E-state index contributed by atoms with van der Waals surface area (Å²) in [6.45, 7) is 3.14. The summed E-state index contributed by atoms with van der Waals surface area (Å²) in [5, 5.41) is 6.74. The van der Waals surface area contributed by atoms with E-state index in [1.54, 1.807) is 24.3 Å². The largest absolute Gasteiger partial charge is 0.467 e. The molecule has 4 rings (SSSR count). The molecule has 3 aromatic heterocycles. The Morgan fingerprint density at radius 1 is 1.21 bits per heavy atom. The monoisotopic (exact) mass is 458 g/mol. The average Bonchev–Trinajstić information content (AvgIpc) is 3.43. The van der Waals surface area contributed by atoms with Gasteiger partial charge in [-0.15, -0.1) is 0 Å². The molecule has 0 radical (unpaired) electrons. The molecule has 172 valence electrons. The van der Waals surface area contributed by atoms with Crippen molar-refractivity contribution in [3.63, 3.8) is 0 Å². The summed E-state index contributed by atoms with van der Waals surface area (Å²) in [5.41, 5.74) is 0.914. The number of ether oxygens (including phenoxy) is 1. The number of alkyl halides is 3. The normalized spacial score (nSPS) is 11.7. The number of pyridine rings is 1. The van der Waals surface area contributed by atoms with Crippen molar-refractivity contribution in [2.24, 2.45) is 0 Å². The van der Waals surface area contributed by atoms with Gasteiger partial charge in [0.25, 0.3) is 5.91 Å². The van der Waals surface area contributed by atoms with E-state index in [0.717, 1.165) is 18.1 Å². The zero-order chi connectivity index (χ0) is 23.6. The number of halogens is 3. The fourth-order valence-electron chi connectivity index (χ4n) is 3.41. The number of hydrogen-bond donors (Lipinski definition) is 1. The molecular weight excluding hydrogens is 437 g/mol. The summed E-state index contributed by atoms with van der Waals surface area (Å²) in [7, 11) is 0. The van der Waals surface area contributed by atoms with Crippen molar-refractivity contribution in [2.75, 3.05) is 6.61 Å². The van der Waals surface area contributed by atoms with Crippen LogP contribution in [-0.2, 0) is 23.9 Å². The van der Waals surface area contributed by atoms with Gasteiger partial charge in [-0.2, -0.15) is 23.3 Å². The Hall–Kier alpha value is -3.82. The lowest BCUT2D eigenvalue weighted by Gasteiger charge is -2.12. The number of rotatable bonds is 7. The second kappa shape index (κ2) is 8.97. The van der Waals surface area contributed by atoms with Crippen LogP contribution < -0.4 is 10.1 Å². The van der Waals surface area contributed by atoms with Crippen LogP contribution in [0.15, 0.2) is 53.1 Å². The quantitative estimate of drug-likeness (QED) is 0.438. The molecule has 3 heterocycles. The summed E-state index contributed by atoms with van der Waals surface area (Å²) in [4.78, 5) is 16.3. The minimum absolute atomic E-state index is 0.00225. The summed E-state index contributed by atoms with van der Waals surface area (Å²) < 4.78 is 53.4. The van der Waals surface area contributed by atoms with Crippen LogP contribution >= 0.6 is 0 Å². The second-order valence-electron chi connectivity index (χ2n) is 7.37. The maximum absolute atomic E-state index is 13.9. The first-order chi connectivity index (χ1) is 15.8. The number of aryl methyl sites for hydroxylation is 2. The summed E-state index contributed by atoms with van der Waals surface area (Å²) in [6, 6.07) is 11.5. The number of furan rings is 1. The number of carbonyl (C=O) groups is 1. The standard InChI is InChI=1S/C23H21F3N4O3/c1-3-15-6-8-16(9-7-15)30-22-21(14(2)29-30)18(23(24,25)26)11-20(28-22)33-13-19(31)27-12-17-5-4-10-32-17/h4-11H,3,12-13H2,1-2H3,(H,27,31). The second-order valence-corrected chi connectivity index (χ2v) is 7.37. The van der Waals surface area contributed by atoms with Crippen molar-refractivity contribution >= 4 is 16.9 Å². The third kappa shape index (κ3) is 4.84. The highest BCUT2D eigenvalue weighted by Crippen LogP contribution is 2.38. The molecule has 0 bridgehead atoms. The van der Waals surface area contributed by atoms with Gasteiger partial charge in [0.1, 0.15) is 5.76 Å². The molecule has 1 aromatic carbocycles. The van der Waals surface area contributed by atoms with Gasteiger partial charge in [-0.1, -0.05) is 19.1 Å². The lowest BCUT2D eigenvalue weighted by molar-refractivity contribution is -0.136. The number of hydrogen-bond acceptors (Lipinski definition) is 5. The molecule has 4 aromatic rings. The molecule has 0 spiro atoms. The van der Waals surface area contributed by atoms with Crippen molar-refractivity contribution < 1.29 is 27.1 Å². The lowest BCUT2D eigenvalue weighted by atomic mass is 10.1. The first-order valence-corrected chi connectivity index (χ1v) is 10.2. The molecule has 0 aliphatic rings. The van der Waals surface area contributed by atoms with Gasteiger partial charge in [0, 0.05) is 6.07 Å². The molecule has 0 saturated carbocycles. The Bertz CT molecular complexity index is 1260. The van der Waals surface area contributed by atoms with Gasteiger partial charge in [-0.05, 0) is 43.2 Å². The Morgan fingerprint density at radius 2 is 1.97 bits per heavy atom. The average molecular weight is 458 g/mol. The summed E-state index contributed by atoms with van der Waals surface area (Å²) in [6.07, 6.45) is -2.36. The third-order valence-corrected chi connectivity index (χ3v) is 5.07. The van der Waals surface area contributed by atoms with Crippen LogP contribution in [0.25, 0.3) is 16.7 Å². The number of nitrogens with zero attached hydrogens (tertiary/aromatic N) is 3. The number of aromatic nitrogens is 3. The molecule has 10 heteroatoms. The van der Waals surface area contributed by atoms with Crippen LogP contribution in [0.5, 0.6) is 5.88 Å². The van der Waals surface area contributed by atoms with Gasteiger partial charge in [0.2, 0.25) is 5.88 Å². The van der Waals surface area contributed by atoms with Crippen molar-refractivity contribution in [1.82, 2.24) is 20.1 Å². The molecule has 1 amide bonds. The van der Waals surface area contributed by atoms with Crippen LogP contribution in [0.2, 0.25) is 0 Å². The van der Waals surface area contributed by atoms with E-state index in [0.29, 0.717) is 11.4 Å². The van der Waals surface area contributed by atoms with E-state index < -0.39 is 24.3 Å². The maximum Gasteiger partial charge on any atom is 0.417 e. The smallest absolute Gasteiger partial charge is 0.417 e. The topological polar surface area (TPSA) is 82.2 Å². The Labute approximate surface area is 187 Å². The predicted octanol–water partition coefficient (Wildman–Crippen LogP) is 4.60. The Kier molecular flexibility index (Phi) is 6.08. The summed E-state index contributed by atoms with van der Waals surface area (Å²) in [5.74, 6) is -0.313. The lowest BCUT2D eigenvalue weighted by Crippen LogP contribution is -2.28. The van der Waals surface area contributed by atoms with Gasteiger partial charge in [0.15, 0.2) is 12.3 Å². The molecule has 33 heavy (non-hydrogen) atoms. The van der Waals surface area contributed by atoms with Crippen LogP contribution in [-0.4, -0.2) is 27.3 Å². The van der Waals surface area contributed by atoms with Crippen molar-refractivity contribution in [1.29, 1.82) is 0 Å². The molecule has 0 unspecified atom stereocenters. The van der Waals surface area contributed by atoms with Gasteiger partial charge < -0.3 is 14.5 Å². The van der Waals surface area contributed by atoms with Crippen molar-refractivity contribution in [2.45, 2.75) is 33.0 Å². The first kappa shape index (κ1) is 22.4. The number of nitrogens with one attached hydrogen (secondary N) is 1. The molecule has 1 N–H and O–H groups in total. The predicted molar refractivity (Wildman–Crippen MR) is 114 cm³/mol. The Balaban J connectivity index is 1.65. The third-order valence-electron chi connectivity index (χ3n) is 5.07. The van der Waals surface area contributed by atoms with Crippen molar-refractivity contribution in [3.8, 4) is 11.6 Å². The van der Waals surface area contributed by atoms with Crippen molar-refractivity contribution in [3.05, 3.63) is 71.3 Å². The summed E-state index contributed by atoms with van der Waals surface area (Å²) >= 11 is 0. The van der Waals surface area contributed by atoms with Crippen LogP contribution in [0, 0.1) is 6.92 Å². The minimum atomic E-state index is -4.66. The maximum atomic E-state index is 13.9. The van der Waals surface area contributed by atoms with E-state index in [1.807, 2.05) is 19.1 Å². The van der Waals surface area contributed by atoms with Crippen LogP contribution in [0.4, 0.5) is 13.2 Å². The first-order valence-electron chi connectivity index (χ1n) is 10.2. The number of benzene rings is 1. The van der Waals surface area contributed by atoms with E-state index >= 15 is 0 Å². The minimum Gasteiger partial charge on any atom is -0.467 e. The molecule has 0 aliphatic heterocycles. The van der Waals surface area contributed by atoms with E-state index in [9.17, 15) is 18.0 Å². The van der Waals surface area contributed by atoms with Gasteiger partial charge in [-0.25, -0.2) is 4.68 Å². The Morgan fingerprint density at radius 3 is 2.61 bits per heavy atom. The highest BCUT2D eigenvalue weighted by Gasteiger charge is 2.36. The van der Waals surface area contributed by atoms with Gasteiger partial charge in [0.05, 0.1) is 35.1 Å². The zero-order valence-corrected chi connectivity index (χ0v) is 17.9. The number of carbonyl (C=O) groups excluding carboxylic acids is 1. The molecule has 7 nitrogen and oxygen atoms in total. The highest BCUT2D eigenvalue weighted by molar-refractivity contribution is 5.85. The SMILES string of the molecule is CCc1ccc(-n2nc(C)c3c(C(F)(F)F)cc(OCC(=O)NCc4ccco4)nc32)cc1. The molecule has 0 fully saturated rings. The number of fused-ring (bicyclic) bond motifs is 1. The van der Waals surface area contributed by atoms with Crippen LogP contribution in [0.3, 0.4) is 0 Å². The van der Waals surface area contributed by atoms with E-state index in [2.05, 4.69) is 15.4 Å². The molecule has 0 aliphatic carbocycles.